The van der Waals surface area contributed by atoms with Crippen LogP contribution in [-0.2, 0) is 4.79 Å². The second kappa shape index (κ2) is 6.22. The van der Waals surface area contributed by atoms with Gasteiger partial charge in [0.05, 0.1) is 6.54 Å². The molecule has 2 rings (SSSR count). The predicted molar refractivity (Wildman–Crippen MR) is 74.6 cm³/mol. The molecule has 0 saturated heterocycles. The number of phenolic OH excluding ortho intramolecular Hbond substituents is 1. The Morgan fingerprint density at radius 2 is 2.15 bits per heavy atom. The molecule has 1 aromatic rings. The molecule has 0 radical (unpaired) electrons. The molecule has 1 saturated carbocycles. The number of rotatable bonds is 5. The summed E-state index contributed by atoms with van der Waals surface area (Å²) in [7, 11) is 0. The van der Waals surface area contributed by atoms with E-state index in [2.05, 4.69) is 0 Å². The lowest BCUT2D eigenvalue weighted by atomic mass is 10.0. The van der Waals surface area contributed by atoms with Gasteiger partial charge in [-0.15, -0.1) is 0 Å². The first-order chi connectivity index (χ1) is 9.49. The number of primary amides is 1. The van der Waals surface area contributed by atoms with Crippen LogP contribution in [0.25, 0.3) is 0 Å². The van der Waals surface area contributed by atoms with E-state index in [1.54, 1.807) is 6.07 Å². The topological polar surface area (TPSA) is 66.6 Å². The number of hydrogen-bond acceptors (Lipinski definition) is 3. The van der Waals surface area contributed by atoms with Crippen LogP contribution in [0.15, 0.2) is 18.2 Å². The second-order valence-corrected chi connectivity index (χ2v) is 5.46. The van der Waals surface area contributed by atoms with Crippen LogP contribution in [0.4, 0.5) is 4.39 Å². The molecule has 1 aromatic carbocycles. The predicted octanol–water partition coefficient (Wildman–Crippen LogP) is 2.32. The molecule has 5 heteroatoms. The van der Waals surface area contributed by atoms with Crippen molar-refractivity contribution in [1.82, 2.24) is 4.90 Å². The number of carbonyl (C=O) groups excluding carboxylic acids is 1. The molecule has 0 spiro atoms. The van der Waals surface area contributed by atoms with Crippen LogP contribution >= 0.6 is 0 Å². The van der Waals surface area contributed by atoms with E-state index >= 15 is 0 Å². The lowest BCUT2D eigenvalue weighted by Gasteiger charge is -2.34. The van der Waals surface area contributed by atoms with E-state index in [0.29, 0.717) is 11.6 Å². The Balaban J connectivity index is 2.24. The summed E-state index contributed by atoms with van der Waals surface area (Å²) in [5.41, 5.74) is 5.96. The van der Waals surface area contributed by atoms with Crippen LogP contribution in [0.3, 0.4) is 0 Å². The fourth-order valence-electron chi connectivity index (χ4n) is 3.05. The van der Waals surface area contributed by atoms with E-state index in [9.17, 15) is 14.3 Å². The zero-order chi connectivity index (χ0) is 14.7. The summed E-state index contributed by atoms with van der Waals surface area (Å²) in [6.45, 7) is 2.07. The lowest BCUT2D eigenvalue weighted by Crippen LogP contribution is -2.41. The number of benzene rings is 1. The highest BCUT2D eigenvalue weighted by atomic mass is 19.1. The minimum Gasteiger partial charge on any atom is -0.508 e. The SMILES string of the molecule is CC(c1ccc(F)cc1O)N(CC(N)=O)C1CCCC1. The largest absolute Gasteiger partial charge is 0.508 e. The maximum Gasteiger partial charge on any atom is 0.231 e. The lowest BCUT2D eigenvalue weighted by molar-refractivity contribution is -0.120. The van der Waals surface area contributed by atoms with Gasteiger partial charge in [0, 0.05) is 23.7 Å². The normalized spacial score (nSPS) is 17.6. The Morgan fingerprint density at radius 3 is 2.70 bits per heavy atom. The third-order valence-electron chi connectivity index (χ3n) is 4.07. The molecule has 0 bridgehead atoms. The zero-order valence-electron chi connectivity index (χ0n) is 11.7. The molecule has 1 aliphatic rings. The minimum absolute atomic E-state index is 0.0787. The van der Waals surface area contributed by atoms with Crippen molar-refractivity contribution in [3.8, 4) is 5.75 Å². The molecular weight excluding hydrogens is 259 g/mol. The molecule has 1 fully saturated rings. The molecule has 1 unspecified atom stereocenters. The molecule has 3 N–H and O–H groups in total. The summed E-state index contributed by atoms with van der Waals surface area (Å²) in [5, 5.41) is 9.90. The van der Waals surface area contributed by atoms with E-state index in [4.69, 9.17) is 5.73 Å². The molecule has 0 aromatic heterocycles. The summed E-state index contributed by atoms with van der Waals surface area (Å²) in [4.78, 5) is 13.3. The van der Waals surface area contributed by atoms with Gasteiger partial charge in [-0.3, -0.25) is 9.69 Å². The van der Waals surface area contributed by atoms with E-state index in [-0.39, 0.29) is 24.2 Å². The van der Waals surface area contributed by atoms with Gasteiger partial charge in [0.1, 0.15) is 11.6 Å². The Morgan fingerprint density at radius 1 is 1.50 bits per heavy atom. The summed E-state index contributed by atoms with van der Waals surface area (Å²) in [5.74, 6) is -0.934. The van der Waals surface area contributed by atoms with Gasteiger partial charge in [-0.1, -0.05) is 18.9 Å². The minimum atomic E-state index is -0.472. The first-order valence-corrected chi connectivity index (χ1v) is 7.01. The number of halogens is 1. The molecular formula is C15H21FN2O2. The van der Waals surface area contributed by atoms with Crippen LogP contribution in [-0.4, -0.2) is 28.5 Å². The standard InChI is InChI=1S/C15H21FN2O2/c1-10(13-7-6-11(16)8-14(13)19)18(9-15(17)20)12-4-2-3-5-12/h6-8,10,12,19H,2-5,9H2,1H3,(H2,17,20). The molecule has 4 nitrogen and oxygen atoms in total. The van der Waals surface area contributed by atoms with Crippen LogP contribution in [0.2, 0.25) is 0 Å². The van der Waals surface area contributed by atoms with Gasteiger partial charge in [-0.05, 0) is 25.8 Å². The highest BCUT2D eigenvalue weighted by molar-refractivity contribution is 5.76. The van der Waals surface area contributed by atoms with Crippen molar-refractivity contribution in [2.24, 2.45) is 5.73 Å². The van der Waals surface area contributed by atoms with Gasteiger partial charge < -0.3 is 10.8 Å². The fourth-order valence-corrected chi connectivity index (χ4v) is 3.05. The average molecular weight is 280 g/mol. The smallest absolute Gasteiger partial charge is 0.231 e. The third-order valence-corrected chi connectivity index (χ3v) is 4.07. The second-order valence-electron chi connectivity index (χ2n) is 5.46. The van der Waals surface area contributed by atoms with Crippen LogP contribution in [0.1, 0.15) is 44.2 Å². The molecule has 110 valence electrons. The van der Waals surface area contributed by atoms with E-state index in [1.165, 1.54) is 6.07 Å². The zero-order valence-corrected chi connectivity index (χ0v) is 11.7. The highest BCUT2D eigenvalue weighted by Gasteiger charge is 2.29. The third kappa shape index (κ3) is 3.28. The highest BCUT2D eigenvalue weighted by Crippen LogP contribution is 2.34. The Bertz CT molecular complexity index is 487. The van der Waals surface area contributed by atoms with E-state index in [0.717, 1.165) is 31.7 Å². The number of aromatic hydroxyl groups is 1. The van der Waals surface area contributed by atoms with Crippen LogP contribution < -0.4 is 5.73 Å². The van der Waals surface area contributed by atoms with Crippen LogP contribution in [0, 0.1) is 5.82 Å². The number of nitrogens with zero attached hydrogens (tertiary/aromatic N) is 1. The molecule has 0 heterocycles. The average Bonchev–Trinajstić information content (AvgIpc) is 2.88. The number of carbonyl (C=O) groups is 1. The van der Waals surface area contributed by atoms with Crippen molar-refractivity contribution >= 4 is 5.91 Å². The first kappa shape index (κ1) is 14.8. The first-order valence-electron chi connectivity index (χ1n) is 7.01. The van der Waals surface area contributed by atoms with Crippen molar-refractivity contribution in [1.29, 1.82) is 0 Å². The molecule has 20 heavy (non-hydrogen) atoms. The van der Waals surface area contributed by atoms with Crippen molar-refractivity contribution in [3.05, 3.63) is 29.6 Å². The van der Waals surface area contributed by atoms with Gasteiger partial charge >= 0.3 is 0 Å². The molecule has 1 amide bonds. The maximum atomic E-state index is 13.1. The fraction of sp³-hybridized carbons (Fsp3) is 0.533. The van der Waals surface area contributed by atoms with E-state index < -0.39 is 5.82 Å². The Labute approximate surface area is 118 Å². The molecule has 1 atom stereocenters. The summed E-state index contributed by atoms with van der Waals surface area (Å²) < 4.78 is 13.1. The Kier molecular flexibility index (Phi) is 4.60. The number of nitrogens with two attached hydrogens (primary N) is 1. The van der Waals surface area contributed by atoms with Gasteiger partial charge in [-0.25, -0.2) is 4.39 Å². The molecule has 0 aliphatic heterocycles. The van der Waals surface area contributed by atoms with Gasteiger partial charge in [0.15, 0.2) is 0 Å². The quantitative estimate of drug-likeness (QED) is 0.870. The van der Waals surface area contributed by atoms with Crippen molar-refractivity contribution in [2.45, 2.75) is 44.7 Å². The van der Waals surface area contributed by atoms with Gasteiger partial charge in [0.2, 0.25) is 5.91 Å². The number of phenols is 1. The van der Waals surface area contributed by atoms with Crippen molar-refractivity contribution in [3.63, 3.8) is 0 Å². The summed E-state index contributed by atoms with van der Waals surface area (Å²) in [6, 6.07) is 4.11. The van der Waals surface area contributed by atoms with Gasteiger partial charge in [0.25, 0.3) is 0 Å². The van der Waals surface area contributed by atoms with E-state index in [1.807, 2.05) is 11.8 Å². The van der Waals surface area contributed by atoms with Crippen molar-refractivity contribution < 1.29 is 14.3 Å². The van der Waals surface area contributed by atoms with Gasteiger partial charge in [-0.2, -0.15) is 0 Å². The van der Waals surface area contributed by atoms with Crippen LogP contribution in [0.5, 0.6) is 5.75 Å². The van der Waals surface area contributed by atoms with Crippen molar-refractivity contribution in [2.75, 3.05) is 6.54 Å². The number of hydrogen-bond donors (Lipinski definition) is 2. The number of amides is 1. The monoisotopic (exact) mass is 280 g/mol. The summed E-state index contributed by atoms with van der Waals surface area (Å²) >= 11 is 0. The Hall–Kier alpha value is -1.62. The maximum absolute atomic E-state index is 13.1. The summed E-state index contributed by atoms with van der Waals surface area (Å²) in [6.07, 6.45) is 4.34. The molecule has 1 aliphatic carbocycles.